The minimum atomic E-state index is 1.16. The van der Waals surface area contributed by atoms with E-state index < -0.39 is 0 Å². The van der Waals surface area contributed by atoms with Crippen molar-refractivity contribution in [2.75, 3.05) is 0 Å². The second kappa shape index (κ2) is 6.62. The van der Waals surface area contributed by atoms with Crippen molar-refractivity contribution in [1.29, 1.82) is 0 Å². The second-order valence-corrected chi connectivity index (χ2v) is 6.45. The van der Waals surface area contributed by atoms with Gasteiger partial charge in [0.2, 0.25) is 0 Å². The fraction of sp³-hybridized carbons (Fsp3) is 0.250. The molecule has 0 aliphatic rings. The van der Waals surface area contributed by atoms with Crippen molar-refractivity contribution in [3.8, 4) is 11.1 Å². The molecule has 2 heteroatoms. The van der Waals surface area contributed by atoms with Crippen LogP contribution in [0.5, 0.6) is 0 Å². The van der Waals surface area contributed by atoms with Crippen LogP contribution in [0, 0.1) is 6.92 Å². The van der Waals surface area contributed by atoms with Gasteiger partial charge in [-0.2, -0.15) is 0 Å². The average molecular weight is 368 g/mol. The third-order valence-corrected chi connectivity index (χ3v) is 5.03. The maximum Gasteiger partial charge on any atom is 0.0184 e. The normalized spacial score (nSPS) is 10.6. The van der Waals surface area contributed by atoms with Gasteiger partial charge in [0, 0.05) is 26.1 Å². The van der Waals surface area contributed by atoms with Crippen LogP contribution in [-0.2, 0) is 6.42 Å². The fourth-order valence-corrected chi connectivity index (χ4v) is 3.26. The molecule has 0 N–H and O–H groups in total. The van der Waals surface area contributed by atoms with Gasteiger partial charge >= 0.3 is 0 Å². The van der Waals surface area contributed by atoms with E-state index in [9.17, 15) is 0 Å². The lowest BCUT2D eigenvalue weighted by atomic mass is 9.97. The van der Waals surface area contributed by atoms with Crippen LogP contribution >= 0.6 is 30.1 Å². The van der Waals surface area contributed by atoms with Gasteiger partial charge in [-0.3, -0.25) is 0 Å². The quantitative estimate of drug-likeness (QED) is 0.592. The number of halogens is 1. The monoisotopic (exact) mass is 368 g/mol. The van der Waals surface area contributed by atoms with E-state index in [0.717, 1.165) is 6.42 Å². The van der Waals surface area contributed by atoms with Crippen LogP contribution in [0.15, 0.2) is 47.4 Å². The minimum absolute atomic E-state index is 1.16. The Morgan fingerprint density at radius 3 is 2.67 bits per heavy atom. The molecule has 2 rings (SSSR count). The molecule has 0 radical (unpaired) electrons. The Morgan fingerprint density at radius 1 is 1.11 bits per heavy atom. The van der Waals surface area contributed by atoms with E-state index >= 15 is 0 Å². The molecule has 0 aliphatic heterocycles. The van der Waals surface area contributed by atoms with Crippen LogP contribution in [-0.4, -0.2) is 0 Å². The van der Waals surface area contributed by atoms with Crippen molar-refractivity contribution in [3.63, 3.8) is 0 Å². The topological polar surface area (TPSA) is 0 Å². The highest BCUT2D eigenvalue weighted by Crippen LogP contribution is 2.31. The molecule has 0 bridgehead atoms. The van der Waals surface area contributed by atoms with Crippen LogP contribution in [0.2, 0.25) is 0 Å². The van der Waals surface area contributed by atoms with E-state index in [1.54, 1.807) is 8.93 Å². The number of benzene rings is 2. The van der Waals surface area contributed by atoms with Crippen molar-refractivity contribution in [2.24, 2.45) is 0 Å². The van der Waals surface area contributed by atoms with Crippen molar-refractivity contribution in [1.82, 2.24) is 0 Å². The second-order valence-electron chi connectivity index (χ2n) is 4.50. The van der Waals surface area contributed by atoms with Crippen molar-refractivity contribution in [3.05, 3.63) is 53.6 Å². The summed E-state index contributed by atoms with van der Waals surface area (Å²) in [6.07, 6.45) is 2.36. The van der Waals surface area contributed by atoms with E-state index in [4.69, 9.17) is 0 Å². The molecule has 2 aromatic carbocycles. The lowest BCUT2D eigenvalue weighted by Gasteiger charge is -2.09. The molecule has 0 nitrogen and oxygen atoms in total. The Kier molecular flexibility index (Phi) is 5.13. The van der Waals surface area contributed by atoms with E-state index in [-0.39, 0.29) is 0 Å². The summed E-state index contributed by atoms with van der Waals surface area (Å²) in [5.41, 5.74) is 5.48. The average Bonchev–Trinajstić information content (AvgIpc) is 2.41. The molecule has 0 aliphatic carbocycles. The zero-order chi connectivity index (χ0) is 13.0. The zero-order valence-corrected chi connectivity index (χ0v) is 13.7. The van der Waals surface area contributed by atoms with E-state index in [1.165, 1.54) is 33.6 Å². The summed E-state index contributed by atoms with van der Waals surface area (Å²) < 4.78 is 0. The largest absolute Gasteiger partial charge is 0.0651 e. The molecular weight excluding hydrogens is 351 g/mol. The highest BCUT2D eigenvalue weighted by atomic mass is 127. The molecular formula is C16H17IS. The van der Waals surface area contributed by atoms with Crippen molar-refractivity contribution >= 4 is 30.1 Å². The van der Waals surface area contributed by atoms with E-state index in [2.05, 4.69) is 77.5 Å². The Bertz CT molecular complexity index is 534. The SMILES string of the molecule is CCCc1ccc(C)c(-c2cccc(SI)c2)c1. The maximum absolute atomic E-state index is 2.34. The Labute approximate surface area is 126 Å². The smallest absolute Gasteiger partial charge is 0.0184 e. The molecule has 0 amide bonds. The molecule has 94 valence electrons. The molecule has 0 saturated carbocycles. The van der Waals surface area contributed by atoms with Crippen LogP contribution in [0.25, 0.3) is 11.1 Å². The summed E-state index contributed by atoms with van der Waals surface area (Å²) in [7, 11) is 1.77. The first kappa shape index (κ1) is 13.9. The van der Waals surface area contributed by atoms with E-state index in [0.29, 0.717) is 0 Å². The van der Waals surface area contributed by atoms with Gasteiger partial charge in [-0.15, -0.1) is 0 Å². The lowest BCUT2D eigenvalue weighted by molar-refractivity contribution is 0.921. The molecule has 0 fully saturated rings. The predicted octanol–water partition coefficient (Wildman–Crippen LogP) is 6.06. The summed E-state index contributed by atoms with van der Waals surface area (Å²) in [6, 6.07) is 15.6. The van der Waals surface area contributed by atoms with Crippen molar-refractivity contribution < 1.29 is 0 Å². The first-order valence-corrected chi connectivity index (χ1v) is 9.59. The van der Waals surface area contributed by atoms with Gasteiger partial charge in [0.25, 0.3) is 0 Å². The summed E-state index contributed by atoms with van der Waals surface area (Å²) in [6.45, 7) is 4.42. The van der Waals surface area contributed by atoms with Crippen molar-refractivity contribution in [2.45, 2.75) is 31.6 Å². The molecule has 0 heterocycles. The number of aryl methyl sites for hydroxylation is 2. The summed E-state index contributed by atoms with van der Waals surface area (Å²) in [5.74, 6) is 0. The molecule has 0 aromatic heterocycles. The standard InChI is InChI=1S/C16H17IS/c1-3-5-13-9-8-12(2)16(10-13)14-6-4-7-15(11-14)18-17/h4,6-11H,3,5H2,1-2H3. The maximum atomic E-state index is 2.34. The minimum Gasteiger partial charge on any atom is -0.0651 e. The summed E-state index contributed by atoms with van der Waals surface area (Å²) >= 11 is 2.33. The third-order valence-electron chi connectivity index (χ3n) is 3.07. The fourth-order valence-electron chi connectivity index (χ4n) is 2.14. The Hall–Kier alpha value is -0.480. The van der Waals surface area contributed by atoms with Gasteiger partial charge in [0.1, 0.15) is 0 Å². The highest BCUT2D eigenvalue weighted by molar-refractivity contribution is 14.2. The predicted molar refractivity (Wildman–Crippen MR) is 90.5 cm³/mol. The van der Waals surface area contributed by atoms with Gasteiger partial charge in [-0.1, -0.05) is 52.6 Å². The zero-order valence-electron chi connectivity index (χ0n) is 10.7. The molecule has 18 heavy (non-hydrogen) atoms. The van der Waals surface area contributed by atoms with Gasteiger partial charge in [-0.05, 0) is 47.7 Å². The van der Waals surface area contributed by atoms with Crippen LogP contribution in [0.4, 0.5) is 0 Å². The number of hydrogen-bond donors (Lipinski definition) is 0. The summed E-state index contributed by atoms with van der Waals surface area (Å²) in [5, 5.41) is 0. The molecule has 0 saturated heterocycles. The first-order chi connectivity index (χ1) is 8.74. The first-order valence-electron chi connectivity index (χ1n) is 6.23. The molecule has 0 unspecified atom stereocenters. The third kappa shape index (κ3) is 3.29. The van der Waals surface area contributed by atoms with Crippen LogP contribution in [0.3, 0.4) is 0 Å². The lowest BCUT2D eigenvalue weighted by Crippen LogP contribution is -1.88. The highest BCUT2D eigenvalue weighted by Gasteiger charge is 2.04. The molecule has 0 spiro atoms. The van der Waals surface area contributed by atoms with Gasteiger partial charge < -0.3 is 0 Å². The van der Waals surface area contributed by atoms with Gasteiger partial charge in [-0.25, -0.2) is 0 Å². The van der Waals surface area contributed by atoms with Gasteiger partial charge in [0.15, 0.2) is 0 Å². The van der Waals surface area contributed by atoms with Crippen LogP contribution < -0.4 is 0 Å². The molecule has 2 aromatic rings. The Balaban J connectivity index is 2.44. The van der Waals surface area contributed by atoms with E-state index in [1.807, 2.05) is 0 Å². The van der Waals surface area contributed by atoms with Gasteiger partial charge in [0.05, 0.1) is 0 Å². The van der Waals surface area contributed by atoms with Crippen LogP contribution in [0.1, 0.15) is 24.5 Å². The Morgan fingerprint density at radius 2 is 1.94 bits per heavy atom. The number of hydrogen-bond acceptors (Lipinski definition) is 1. The molecule has 0 atom stereocenters. The number of rotatable bonds is 4. The summed E-state index contributed by atoms with van der Waals surface area (Å²) in [4.78, 5) is 1.31.